The van der Waals surface area contributed by atoms with Gasteiger partial charge in [0.15, 0.2) is 0 Å². The van der Waals surface area contributed by atoms with Gasteiger partial charge in [0.25, 0.3) is 0 Å². The van der Waals surface area contributed by atoms with Gasteiger partial charge < -0.3 is 20.5 Å². The number of hydrogen-bond donors (Lipinski definition) is 2. The summed E-state index contributed by atoms with van der Waals surface area (Å²) in [5.41, 5.74) is 7.61. The van der Waals surface area contributed by atoms with Crippen LogP contribution in [0.2, 0.25) is 5.02 Å². The van der Waals surface area contributed by atoms with Crippen LogP contribution in [-0.2, 0) is 11.3 Å². The van der Waals surface area contributed by atoms with Gasteiger partial charge in [-0.3, -0.25) is 9.48 Å². The molecule has 29 heavy (non-hydrogen) atoms. The lowest BCUT2D eigenvalue weighted by Gasteiger charge is -2.33. The van der Waals surface area contributed by atoms with E-state index in [9.17, 15) is 4.79 Å². The van der Waals surface area contributed by atoms with Crippen molar-refractivity contribution < 1.29 is 4.79 Å². The fourth-order valence-electron chi connectivity index (χ4n) is 3.71. The van der Waals surface area contributed by atoms with Crippen molar-refractivity contribution in [2.75, 3.05) is 24.1 Å². The average molecular weight is 415 g/mol. The van der Waals surface area contributed by atoms with Crippen LogP contribution >= 0.6 is 11.6 Å². The third-order valence-corrected chi connectivity index (χ3v) is 5.43. The minimum Gasteiger partial charge on any atom is -0.383 e. The molecule has 0 bridgehead atoms. The van der Waals surface area contributed by atoms with E-state index >= 15 is 0 Å². The van der Waals surface area contributed by atoms with Crippen LogP contribution in [0.15, 0.2) is 31.2 Å². The highest BCUT2D eigenvalue weighted by Crippen LogP contribution is 2.34. The quantitative estimate of drug-likeness (QED) is 0.621. The summed E-state index contributed by atoms with van der Waals surface area (Å²) in [6, 6.07) is 0.0487. The number of halogens is 1. The summed E-state index contributed by atoms with van der Waals surface area (Å²) in [6.45, 7) is 7.66. The molecule has 3 aromatic heterocycles. The van der Waals surface area contributed by atoms with Gasteiger partial charge in [0.1, 0.15) is 11.5 Å². The number of fused-ring (bicyclic) bond motifs is 1. The van der Waals surface area contributed by atoms with Gasteiger partial charge in [0.05, 0.1) is 28.3 Å². The van der Waals surface area contributed by atoms with Gasteiger partial charge in [-0.25, -0.2) is 0 Å². The Labute approximate surface area is 173 Å². The Hall–Kier alpha value is -3.07. The minimum atomic E-state index is -0.0679. The molecule has 1 aliphatic heterocycles. The van der Waals surface area contributed by atoms with Crippen molar-refractivity contribution in [3.63, 3.8) is 0 Å². The fraction of sp³-hybridized carbons (Fsp3) is 0.368. The summed E-state index contributed by atoms with van der Waals surface area (Å²) >= 11 is 6.45. The van der Waals surface area contributed by atoms with Crippen LogP contribution in [0.3, 0.4) is 0 Å². The number of amides is 1. The lowest BCUT2D eigenvalue weighted by Crippen LogP contribution is -2.39. The first-order valence-electron chi connectivity index (χ1n) is 9.54. The number of nitrogens with two attached hydrogens (primary N) is 1. The molecule has 9 nitrogen and oxygen atoms in total. The zero-order chi connectivity index (χ0) is 20.5. The lowest BCUT2D eigenvalue weighted by atomic mass is 10.1. The van der Waals surface area contributed by atoms with E-state index in [1.807, 2.05) is 23.9 Å². The first-order valence-corrected chi connectivity index (χ1v) is 9.92. The number of rotatable bonds is 5. The monoisotopic (exact) mass is 414 g/mol. The van der Waals surface area contributed by atoms with Crippen LogP contribution in [0.5, 0.6) is 0 Å². The fourth-order valence-corrected chi connectivity index (χ4v) is 3.99. The molecule has 152 valence electrons. The van der Waals surface area contributed by atoms with Crippen LogP contribution in [0.25, 0.3) is 11.0 Å². The zero-order valence-corrected chi connectivity index (χ0v) is 16.9. The van der Waals surface area contributed by atoms with Gasteiger partial charge in [0.2, 0.25) is 11.9 Å². The van der Waals surface area contributed by atoms with Gasteiger partial charge >= 0.3 is 0 Å². The molecule has 1 amide bonds. The van der Waals surface area contributed by atoms with Gasteiger partial charge in [0, 0.05) is 32.0 Å². The molecule has 10 heteroatoms. The third-order valence-electron chi connectivity index (χ3n) is 5.14. The molecule has 3 N–H and O–H groups in total. The molecule has 3 aromatic rings. The van der Waals surface area contributed by atoms with Crippen LogP contribution < -0.4 is 11.1 Å². The summed E-state index contributed by atoms with van der Waals surface area (Å²) in [4.78, 5) is 22.9. The first kappa shape index (κ1) is 19.3. The molecule has 4 heterocycles. The maximum atomic E-state index is 12.1. The summed E-state index contributed by atoms with van der Waals surface area (Å²) in [6.07, 6.45) is 8.56. The maximum Gasteiger partial charge on any atom is 0.246 e. The first-order chi connectivity index (χ1) is 14.0. The number of nitrogens with zero attached hydrogens (tertiary/aromatic N) is 6. The van der Waals surface area contributed by atoms with Crippen molar-refractivity contribution in [2.24, 2.45) is 0 Å². The second-order valence-corrected chi connectivity index (χ2v) is 7.42. The van der Waals surface area contributed by atoms with Gasteiger partial charge in [-0.2, -0.15) is 15.1 Å². The zero-order valence-electron chi connectivity index (χ0n) is 16.2. The highest BCUT2D eigenvalue weighted by atomic mass is 35.5. The van der Waals surface area contributed by atoms with E-state index in [1.165, 1.54) is 6.08 Å². The van der Waals surface area contributed by atoms with Crippen molar-refractivity contribution in [2.45, 2.75) is 32.4 Å². The second-order valence-electron chi connectivity index (χ2n) is 7.01. The van der Waals surface area contributed by atoms with E-state index in [-0.39, 0.29) is 11.9 Å². The number of anilines is 3. The third kappa shape index (κ3) is 3.65. The van der Waals surface area contributed by atoms with Crippen molar-refractivity contribution in [1.29, 1.82) is 0 Å². The van der Waals surface area contributed by atoms with E-state index in [0.29, 0.717) is 34.4 Å². The van der Waals surface area contributed by atoms with Gasteiger partial charge in [-0.05, 0) is 25.8 Å². The molecule has 0 aliphatic carbocycles. The second kappa shape index (κ2) is 7.75. The molecule has 0 radical (unpaired) electrons. The Morgan fingerprint density at radius 2 is 2.28 bits per heavy atom. The maximum absolute atomic E-state index is 12.1. The molecule has 1 aliphatic rings. The number of carbonyl (C=O) groups excluding carboxylic acids is 1. The number of hydrogen-bond acceptors (Lipinski definition) is 6. The smallest absolute Gasteiger partial charge is 0.246 e. The van der Waals surface area contributed by atoms with Gasteiger partial charge in [-0.1, -0.05) is 18.2 Å². The summed E-state index contributed by atoms with van der Waals surface area (Å²) in [5.74, 6) is 0.608. The van der Waals surface area contributed by atoms with Crippen LogP contribution in [-0.4, -0.2) is 48.2 Å². The SMILES string of the molecule is C=CC(=O)N1CCC[C@@H](n2cc(Cl)c3c(N)nc(Nc4cnn(CC)c4)nc32)C1. The normalized spacial score (nSPS) is 16.9. The van der Waals surface area contributed by atoms with E-state index in [4.69, 9.17) is 17.3 Å². The number of aryl methyl sites for hydroxylation is 1. The highest BCUT2D eigenvalue weighted by Gasteiger charge is 2.26. The minimum absolute atomic E-state index is 0.0487. The highest BCUT2D eigenvalue weighted by molar-refractivity contribution is 6.36. The Morgan fingerprint density at radius 3 is 3.00 bits per heavy atom. The molecule has 1 atom stereocenters. The topological polar surface area (TPSA) is 107 Å². The molecule has 1 saturated heterocycles. The molecule has 0 spiro atoms. The summed E-state index contributed by atoms with van der Waals surface area (Å²) in [5, 5.41) is 8.50. The number of nitrogens with one attached hydrogen (secondary N) is 1. The Kier molecular flexibility index (Phi) is 5.14. The average Bonchev–Trinajstić information content (AvgIpc) is 3.31. The molecule has 0 aromatic carbocycles. The number of aromatic nitrogens is 5. The predicted octanol–water partition coefficient (Wildman–Crippen LogP) is 2.98. The van der Waals surface area contributed by atoms with Crippen molar-refractivity contribution in [3.8, 4) is 0 Å². The van der Waals surface area contributed by atoms with Gasteiger partial charge in [-0.15, -0.1) is 0 Å². The molecule has 0 saturated carbocycles. The molecule has 4 rings (SSSR count). The van der Waals surface area contributed by atoms with E-state index < -0.39 is 0 Å². The van der Waals surface area contributed by atoms with Crippen molar-refractivity contribution >= 4 is 46.0 Å². The Balaban J connectivity index is 1.70. The largest absolute Gasteiger partial charge is 0.383 e. The summed E-state index contributed by atoms with van der Waals surface area (Å²) in [7, 11) is 0. The number of nitrogen functional groups attached to an aromatic ring is 1. The Bertz CT molecular complexity index is 1070. The van der Waals surface area contributed by atoms with E-state index in [0.717, 1.165) is 31.6 Å². The molecule has 0 unspecified atom stereocenters. The van der Waals surface area contributed by atoms with E-state index in [2.05, 4.69) is 27.0 Å². The predicted molar refractivity (Wildman–Crippen MR) is 113 cm³/mol. The van der Waals surface area contributed by atoms with Crippen LogP contribution in [0.4, 0.5) is 17.5 Å². The Morgan fingerprint density at radius 1 is 1.45 bits per heavy atom. The molecular weight excluding hydrogens is 392 g/mol. The lowest BCUT2D eigenvalue weighted by molar-refractivity contribution is -0.127. The van der Waals surface area contributed by atoms with Crippen molar-refractivity contribution in [3.05, 3.63) is 36.3 Å². The van der Waals surface area contributed by atoms with E-state index in [1.54, 1.807) is 15.8 Å². The number of piperidine rings is 1. The van der Waals surface area contributed by atoms with Crippen LogP contribution in [0.1, 0.15) is 25.8 Å². The number of likely N-dealkylation sites (tertiary alicyclic amines) is 1. The standard InChI is InChI=1S/C19H23ClN8O/c1-3-15(29)26-7-5-6-13(10-26)28-11-14(20)16-17(21)24-19(25-18(16)28)23-12-8-22-27(4-2)9-12/h3,8-9,11,13H,1,4-7,10H2,2H3,(H3,21,23,24,25)/t13-/m1/s1. The molecular formula is C19H23ClN8O. The van der Waals surface area contributed by atoms with Crippen molar-refractivity contribution in [1.82, 2.24) is 29.2 Å². The molecule has 1 fully saturated rings. The number of carbonyl (C=O) groups is 1. The van der Waals surface area contributed by atoms with Crippen LogP contribution in [0, 0.1) is 0 Å². The summed E-state index contributed by atoms with van der Waals surface area (Å²) < 4.78 is 3.80.